The van der Waals surface area contributed by atoms with E-state index >= 15 is 0 Å². The minimum absolute atomic E-state index is 0.137. The van der Waals surface area contributed by atoms with Crippen LogP contribution in [-0.4, -0.2) is 27.3 Å². The predicted molar refractivity (Wildman–Crippen MR) is 115 cm³/mol. The van der Waals surface area contributed by atoms with E-state index < -0.39 is 0 Å². The molecule has 0 saturated heterocycles. The number of rotatable bonds is 3. The maximum Gasteiger partial charge on any atom is 0.254 e. The number of fused-ring (bicyclic) bond motifs is 2. The van der Waals surface area contributed by atoms with Gasteiger partial charge in [0.2, 0.25) is 0 Å². The largest absolute Gasteiger partial charge is 0.493 e. The highest BCUT2D eigenvalue weighted by Gasteiger charge is 2.25. The fraction of sp³-hybridized carbons (Fsp3) is 0.174. The zero-order valence-electron chi connectivity index (χ0n) is 16.3. The highest BCUT2D eigenvalue weighted by Crippen LogP contribution is 2.33. The van der Waals surface area contributed by atoms with Crippen LogP contribution in [0.1, 0.15) is 34.1 Å². The Hall–Kier alpha value is -3.38. The number of ether oxygens (including phenoxy) is 1. The van der Waals surface area contributed by atoms with Crippen LogP contribution in [0.2, 0.25) is 5.02 Å². The fourth-order valence-electron chi connectivity index (χ4n) is 3.84. The predicted octanol–water partition coefficient (Wildman–Crippen LogP) is 4.64. The smallest absolute Gasteiger partial charge is 0.254 e. The second-order valence-electron chi connectivity index (χ2n) is 7.22. The minimum atomic E-state index is -0.261. The lowest BCUT2D eigenvalue weighted by atomic mass is 10.00. The van der Waals surface area contributed by atoms with Crippen LogP contribution in [0.4, 0.5) is 0 Å². The maximum absolute atomic E-state index is 13.1. The van der Waals surface area contributed by atoms with Gasteiger partial charge in [-0.05, 0) is 25.1 Å². The van der Waals surface area contributed by atoms with Crippen molar-refractivity contribution in [3.63, 3.8) is 0 Å². The maximum atomic E-state index is 13.1. The monoisotopic (exact) mass is 418 g/mol. The highest BCUT2D eigenvalue weighted by atomic mass is 35.5. The third-order valence-electron chi connectivity index (χ3n) is 5.32. The van der Waals surface area contributed by atoms with E-state index in [9.17, 15) is 4.79 Å². The van der Waals surface area contributed by atoms with Gasteiger partial charge >= 0.3 is 0 Å². The SMILES string of the molecule is Cc1nn(-c2ccccc2)c2ncc(C(=O)NC3CCOc4ccccc43)c(Cl)c12. The number of hydrogen-bond acceptors (Lipinski definition) is 4. The van der Waals surface area contributed by atoms with Gasteiger partial charge in [-0.15, -0.1) is 0 Å². The Morgan fingerprint density at radius 2 is 1.93 bits per heavy atom. The lowest BCUT2D eigenvalue weighted by Gasteiger charge is -2.26. The molecule has 150 valence electrons. The molecule has 0 saturated carbocycles. The van der Waals surface area contributed by atoms with Crippen LogP contribution in [0, 0.1) is 6.92 Å². The van der Waals surface area contributed by atoms with E-state index in [1.165, 1.54) is 6.20 Å². The number of halogens is 1. The summed E-state index contributed by atoms with van der Waals surface area (Å²) < 4.78 is 7.43. The molecule has 6 nitrogen and oxygen atoms in total. The van der Waals surface area contributed by atoms with Crippen molar-refractivity contribution in [3.05, 3.63) is 82.6 Å². The Balaban J connectivity index is 1.51. The summed E-state index contributed by atoms with van der Waals surface area (Å²) in [6, 6.07) is 17.3. The van der Waals surface area contributed by atoms with Gasteiger partial charge in [-0.3, -0.25) is 4.79 Å². The molecule has 0 bridgehead atoms. The van der Waals surface area contributed by atoms with Gasteiger partial charge in [0, 0.05) is 18.2 Å². The molecule has 7 heteroatoms. The van der Waals surface area contributed by atoms with Gasteiger partial charge in [-0.25, -0.2) is 9.67 Å². The first-order valence-electron chi connectivity index (χ1n) is 9.75. The Morgan fingerprint density at radius 3 is 2.77 bits per heavy atom. The van der Waals surface area contributed by atoms with E-state index in [1.807, 2.05) is 61.5 Å². The van der Waals surface area contributed by atoms with Gasteiger partial charge in [0.05, 0.1) is 40.0 Å². The molecule has 1 atom stereocenters. The molecular weight excluding hydrogens is 400 g/mol. The van der Waals surface area contributed by atoms with E-state index in [2.05, 4.69) is 15.4 Å². The topological polar surface area (TPSA) is 69.0 Å². The van der Waals surface area contributed by atoms with Crippen molar-refractivity contribution in [1.29, 1.82) is 0 Å². The number of hydrogen-bond donors (Lipinski definition) is 1. The van der Waals surface area contributed by atoms with Crippen molar-refractivity contribution in [1.82, 2.24) is 20.1 Å². The zero-order chi connectivity index (χ0) is 20.7. The standard InChI is InChI=1S/C23H19ClN4O2/c1-14-20-21(24)17(13-25-22(20)28(27-14)15-7-3-2-4-8-15)23(29)26-18-11-12-30-19-10-6-5-9-16(18)19/h2-10,13,18H,11-12H2,1H3,(H,26,29). The number of carbonyl (C=O) groups is 1. The second-order valence-corrected chi connectivity index (χ2v) is 7.60. The molecule has 4 aromatic rings. The summed E-state index contributed by atoms with van der Waals surface area (Å²) >= 11 is 6.68. The summed E-state index contributed by atoms with van der Waals surface area (Å²) in [4.78, 5) is 17.6. The van der Waals surface area contributed by atoms with E-state index in [0.29, 0.717) is 34.6 Å². The summed E-state index contributed by atoms with van der Waals surface area (Å²) in [5.74, 6) is 0.539. The molecule has 1 amide bonds. The first-order valence-corrected chi connectivity index (χ1v) is 10.1. The number of nitrogens with zero attached hydrogens (tertiary/aromatic N) is 3. The molecule has 0 spiro atoms. The normalized spacial score (nSPS) is 15.5. The molecule has 3 heterocycles. The lowest BCUT2D eigenvalue weighted by molar-refractivity contribution is 0.0925. The van der Waals surface area contributed by atoms with Crippen molar-refractivity contribution in [3.8, 4) is 11.4 Å². The first kappa shape index (κ1) is 18.6. The van der Waals surface area contributed by atoms with Gasteiger partial charge in [-0.2, -0.15) is 5.10 Å². The van der Waals surface area contributed by atoms with Crippen LogP contribution >= 0.6 is 11.6 Å². The average molecular weight is 419 g/mol. The van der Waals surface area contributed by atoms with Gasteiger partial charge < -0.3 is 10.1 Å². The van der Waals surface area contributed by atoms with Crippen LogP contribution in [0.15, 0.2) is 60.8 Å². The van der Waals surface area contributed by atoms with E-state index in [1.54, 1.807) is 4.68 Å². The van der Waals surface area contributed by atoms with E-state index in [-0.39, 0.29) is 11.9 Å². The molecule has 1 aliphatic heterocycles. The molecular formula is C23H19ClN4O2. The number of carbonyl (C=O) groups excluding carboxylic acids is 1. The van der Waals surface area contributed by atoms with Crippen molar-refractivity contribution in [2.45, 2.75) is 19.4 Å². The number of aromatic nitrogens is 3. The molecule has 1 N–H and O–H groups in total. The third kappa shape index (κ3) is 3.09. The number of nitrogens with one attached hydrogen (secondary N) is 1. The number of aryl methyl sites for hydroxylation is 1. The minimum Gasteiger partial charge on any atom is -0.493 e. The molecule has 1 unspecified atom stereocenters. The van der Waals surface area contributed by atoms with Crippen molar-refractivity contribution >= 4 is 28.5 Å². The Bertz CT molecular complexity index is 1250. The summed E-state index contributed by atoms with van der Waals surface area (Å²) in [5.41, 5.74) is 3.53. The average Bonchev–Trinajstić information content (AvgIpc) is 3.12. The molecule has 0 fully saturated rings. The van der Waals surface area contributed by atoms with Gasteiger partial charge in [0.15, 0.2) is 5.65 Å². The molecule has 5 rings (SSSR count). The molecule has 2 aromatic carbocycles. The van der Waals surface area contributed by atoms with Crippen molar-refractivity contribution in [2.24, 2.45) is 0 Å². The van der Waals surface area contributed by atoms with Crippen molar-refractivity contribution < 1.29 is 9.53 Å². The molecule has 0 aliphatic carbocycles. The quantitative estimate of drug-likeness (QED) is 0.526. The van der Waals surface area contributed by atoms with Crippen molar-refractivity contribution in [2.75, 3.05) is 6.61 Å². The van der Waals surface area contributed by atoms with Gasteiger partial charge in [0.1, 0.15) is 5.75 Å². The number of pyridine rings is 1. The van der Waals surface area contributed by atoms with E-state index in [0.717, 1.165) is 22.7 Å². The molecule has 30 heavy (non-hydrogen) atoms. The van der Waals surface area contributed by atoms with E-state index in [4.69, 9.17) is 16.3 Å². The Kier molecular flexibility index (Phi) is 4.64. The zero-order valence-corrected chi connectivity index (χ0v) is 17.1. The summed E-state index contributed by atoms with van der Waals surface area (Å²) in [5, 5.41) is 8.71. The number of benzene rings is 2. The second kappa shape index (κ2) is 7.46. The summed E-state index contributed by atoms with van der Waals surface area (Å²) in [6.07, 6.45) is 2.22. The summed E-state index contributed by atoms with van der Waals surface area (Å²) in [6.45, 7) is 2.42. The van der Waals surface area contributed by atoms with Crippen LogP contribution in [0.25, 0.3) is 16.7 Å². The highest BCUT2D eigenvalue weighted by molar-refractivity contribution is 6.38. The van der Waals surface area contributed by atoms with Crippen LogP contribution in [0.3, 0.4) is 0 Å². The third-order valence-corrected chi connectivity index (χ3v) is 5.71. The van der Waals surface area contributed by atoms with Crippen LogP contribution in [0.5, 0.6) is 5.75 Å². The Morgan fingerprint density at radius 1 is 1.17 bits per heavy atom. The van der Waals surface area contributed by atoms with Crippen LogP contribution < -0.4 is 10.1 Å². The number of para-hydroxylation sites is 2. The first-order chi connectivity index (χ1) is 14.6. The lowest BCUT2D eigenvalue weighted by Crippen LogP contribution is -2.32. The van der Waals surface area contributed by atoms with Gasteiger partial charge in [0.25, 0.3) is 5.91 Å². The number of amides is 1. The summed E-state index contributed by atoms with van der Waals surface area (Å²) in [7, 11) is 0. The molecule has 1 aliphatic rings. The van der Waals surface area contributed by atoms with Gasteiger partial charge in [-0.1, -0.05) is 48.0 Å². The Labute approximate surface area is 178 Å². The fourth-order valence-corrected chi connectivity index (χ4v) is 4.20. The molecule has 0 radical (unpaired) electrons. The van der Waals surface area contributed by atoms with Crippen LogP contribution in [-0.2, 0) is 0 Å². The molecule has 2 aromatic heterocycles.